The largest absolute Gasteiger partial charge is 0.453 e. The highest BCUT2D eigenvalue weighted by molar-refractivity contribution is 6.06. The van der Waals surface area contributed by atoms with Crippen molar-refractivity contribution in [2.75, 3.05) is 20.2 Å². The van der Waals surface area contributed by atoms with E-state index in [1.807, 2.05) is 0 Å². The Morgan fingerprint density at radius 1 is 1.17 bits per heavy atom. The smallest absolute Gasteiger partial charge is 0.407 e. The van der Waals surface area contributed by atoms with Crippen LogP contribution in [0.25, 0.3) is 0 Å². The van der Waals surface area contributed by atoms with Crippen molar-refractivity contribution in [2.24, 2.45) is 5.41 Å². The fourth-order valence-electron chi connectivity index (χ4n) is 2.84. The molecule has 0 saturated carbocycles. The lowest BCUT2D eigenvalue weighted by molar-refractivity contribution is -0.125. The average Bonchev–Trinajstić information content (AvgIpc) is 2.76. The summed E-state index contributed by atoms with van der Waals surface area (Å²) in [6.07, 6.45) is -0.154. The van der Waals surface area contributed by atoms with E-state index >= 15 is 0 Å². The van der Waals surface area contributed by atoms with Crippen LogP contribution in [-0.2, 0) is 16.1 Å². The Morgan fingerprint density at radius 2 is 1.77 bits per heavy atom. The molecule has 0 aliphatic heterocycles. The number of carbonyl (C=O) groups excluding carboxylic acids is 2. The van der Waals surface area contributed by atoms with Crippen molar-refractivity contribution in [1.82, 2.24) is 21.3 Å². The third-order valence-electron chi connectivity index (χ3n) is 4.69. The topological polar surface area (TPSA) is 136 Å². The number of hydrogen-bond acceptors (Lipinski definition) is 7. The maximum Gasteiger partial charge on any atom is 0.407 e. The van der Waals surface area contributed by atoms with Gasteiger partial charge in [-0.3, -0.25) is 4.79 Å². The first-order valence-electron chi connectivity index (χ1n) is 10.5. The van der Waals surface area contributed by atoms with Gasteiger partial charge in [0.25, 0.3) is 0 Å². The number of alkyl carbamates (subject to hydrolysis) is 1. The molecule has 0 saturated heterocycles. The number of allylic oxidation sites excluding steroid dienone is 1. The van der Waals surface area contributed by atoms with Crippen LogP contribution in [0.2, 0.25) is 0 Å². The molecule has 2 atom stereocenters. The normalized spacial score (nSPS) is 13.4. The van der Waals surface area contributed by atoms with Crippen molar-refractivity contribution in [3.05, 3.63) is 47.2 Å². The minimum Gasteiger partial charge on any atom is -0.453 e. The Bertz CT molecular complexity index is 899. The summed E-state index contributed by atoms with van der Waals surface area (Å²) in [6.45, 7) is 1.76. The molecule has 196 valence electrons. The van der Waals surface area contributed by atoms with Gasteiger partial charge in [-0.05, 0) is 23.6 Å². The molecule has 0 fully saturated rings. The number of methoxy groups -OCH3 is 1. The summed E-state index contributed by atoms with van der Waals surface area (Å²) >= 11 is 0. The lowest BCUT2D eigenvalue weighted by Crippen LogP contribution is -2.54. The summed E-state index contributed by atoms with van der Waals surface area (Å²) in [5, 5.41) is 27.0. The van der Waals surface area contributed by atoms with E-state index in [0.29, 0.717) is 0 Å². The lowest BCUT2D eigenvalue weighted by Gasteiger charge is -2.30. The molecule has 0 radical (unpaired) electrons. The fraction of sp³-hybridized carbons (Fsp3) is 0.500. The van der Waals surface area contributed by atoms with E-state index in [1.165, 1.54) is 0 Å². The van der Waals surface area contributed by atoms with E-state index < -0.39 is 47.7 Å². The molecule has 1 aromatic carbocycles. The predicted molar refractivity (Wildman–Crippen MR) is 121 cm³/mol. The van der Waals surface area contributed by atoms with Crippen LogP contribution in [0.15, 0.2) is 24.4 Å². The predicted octanol–water partition coefficient (Wildman–Crippen LogP) is 2.00. The second kappa shape index (κ2) is 13.6. The van der Waals surface area contributed by atoms with Crippen molar-refractivity contribution in [2.45, 2.75) is 46.0 Å². The van der Waals surface area contributed by atoms with E-state index in [0.717, 1.165) is 31.5 Å². The number of hydrogen-bond donors (Lipinski definition) is 6. The summed E-state index contributed by atoms with van der Waals surface area (Å²) in [4.78, 5) is 23.9. The Morgan fingerprint density at radius 3 is 2.29 bits per heavy atom. The van der Waals surface area contributed by atoms with Crippen LogP contribution in [0.4, 0.5) is 22.4 Å². The Balaban J connectivity index is 2.63. The first kappa shape index (κ1) is 29.8. The number of benzene rings is 1. The first-order valence-corrected chi connectivity index (χ1v) is 10.5. The highest BCUT2D eigenvalue weighted by atomic mass is 19.3. The Kier molecular flexibility index (Phi) is 11.6. The monoisotopic (exact) mass is 505 g/mol. The van der Waals surface area contributed by atoms with Crippen LogP contribution < -0.4 is 21.3 Å². The highest BCUT2D eigenvalue weighted by Crippen LogP contribution is 2.20. The van der Waals surface area contributed by atoms with Crippen LogP contribution in [0.1, 0.15) is 31.9 Å². The first-order chi connectivity index (χ1) is 16.3. The molecule has 0 aliphatic carbocycles. The standard InChI is InChI=1S/C22H31F4N5O4/c1-22(2,3)18(31-21(34)35-4)19(33)30-10-13(32)9-28-11-14-15(23)7-12(8-16(14)24)17(27)5-6-29-20(25)26/h5-8,13,18,20,27-29,32H,9-11H2,1-4H3,(H,30,33)(H,31,34)/b6-5-,27-17?/t13-,18?/m0/s1. The minimum absolute atomic E-state index is 0.122. The zero-order valence-corrected chi connectivity index (χ0v) is 19.8. The quantitative estimate of drug-likeness (QED) is 0.146. The summed E-state index contributed by atoms with van der Waals surface area (Å²) in [7, 11) is 1.16. The van der Waals surface area contributed by atoms with Gasteiger partial charge in [-0.15, -0.1) is 0 Å². The zero-order valence-electron chi connectivity index (χ0n) is 19.8. The van der Waals surface area contributed by atoms with E-state index in [2.05, 4.69) is 20.7 Å². The van der Waals surface area contributed by atoms with E-state index in [4.69, 9.17) is 5.41 Å². The van der Waals surface area contributed by atoms with Crippen LogP contribution >= 0.6 is 0 Å². The van der Waals surface area contributed by atoms with E-state index in [-0.39, 0.29) is 36.5 Å². The number of carbonyl (C=O) groups is 2. The third kappa shape index (κ3) is 10.3. The van der Waals surface area contributed by atoms with Crippen molar-refractivity contribution >= 4 is 17.7 Å². The molecule has 0 spiro atoms. The number of alkyl halides is 2. The number of rotatable bonds is 12. The zero-order chi connectivity index (χ0) is 26.8. The number of halogens is 4. The van der Waals surface area contributed by atoms with Gasteiger partial charge in [0, 0.05) is 37.0 Å². The number of amides is 2. The molecule has 6 N–H and O–H groups in total. The summed E-state index contributed by atoms with van der Waals surface area (Å²) in [5.74, 6) is -2.47. The molecule has 1 rings (SSSR count). The summed E-state index contributed by atoms with van der Waals surface area (Å²) in [6, 6.07) is 0.857. The molecule has 1 aromatic rings. The molecule has 0 heterocycles. The molecule has 2 amide bonds. The summed E-state index contributed by atoms with van der Waals surface area (Å²) < 4.78 is 57.3. The molecule has 0 aliphatic rings. The average molecular weight is 506 g/mol. The van der Waals surface area contributed by atoms with Crippen LogP contribution in [-0.4, -0.2) is 61.7 Å². The number of aliphatic hydroxyl groups is 1. The molecular weight excluding hydrogens is 474 g/mol. The second-order valence-electron chi connectivity index (χ2n) is 8.60. The van der Waals surface area contributed by atoms with Crippen LogP contribution in [0.3, 0.4) is 0 Å². The van der Waals surface area contributed by atoms with Gasteiger partial charge in [-0.1, -0.05) is 20.8 Å². The SMILES string of the molecule is COC(=O)NC(C(=O)NC[C@@H](O)CNCc1c(F)cc(C(=N)/C=C\NC(F)F)cc1F)C(C)(C)C. The lowest BCUT2D eigenvalue weighted by atomic mass is 9.86. The molecule has 0 aromatic heterocycles. The van der Waals surface area contributed by atoms with Gasteiger partial charge in [-0.2, -0.15) is 8.78 Å². The number of aliphatic hydroxyl groups excluding tert-OH is 1. The second-order valence-corrected chi connectivity index (χ2v) is 8.60. The molecule has 13 heteroatoms. The fourth-order valence-corrected chi connectivity index (χ4v) is 2.84. The van der Waals surface area contributed by atoms with Crippen LogP contribution in [0.5, 0.6) is 0 Å². The molecule has 35 heavy (non-hydrogen) atoms. The molecule has 1 unspecified atom stereocenters. The van der Waals surface area contributed by atoms with Gasteiger partial charge >= 0.3 is 12.6 Å². The highest BCUT2D eigenvalue weighted by Gasteiger charge is 2.33. The van der Waals surface area contributed by atoms with Gasteiger partial charge in [0.15, 0.2) is 0 Å². The third-order valence-corrected chi connectivity index (χ3v) is 4.69. The summed E-state index contributed by atoms with van der Waals surface area (Å²) in [5.41, 5.74) is -1.51. The van der Waals surface area contributed by atoms with E-state index in [9.17, 15) is 32.3 Å². The maximum atomic E-state index is 14.3. The van der Waals surface area contributed by atoms with E-state index in [1.54, 1.807) is 26.1 Å². The van der Waals surface area contributed by atoms with Crippen molar-refractivity contribution < 1.29 is 37.0 Å². The van der Waals surface area contributed by atoms with Crippen molar-refractivity contribution in [3.63, 3.8) is 0 Å². The maximum absolute atomic E-state index is 14.3. The molecule has 0 bridgehead atoms. The van der Waals surface area contributed by atoms with Crippen LogP contribution in [0, 0.1) is 22.5 Å². The van der Waals surface area contributed by atoms with Crippen molar-refractivity contribution in [3.8, 4) is 0 Å². The van der Waals surface area contributed by atoms with Gasteiger partial charge in [-0.25, -0.2) is 13.6 Å². The van der Waals surface area contributed by atoms with Crippen molar-refractivity contribution in [1.29, 1.82) is 5.41 Å². The number of ether oxygens (including phenoxy) is 1. The van der Waals surface area contributed by atoms with Gasteiger partial charge < -0.3 is 36.5 Å². The van der Waals surface area contributed by atoms with Gasteiger partial charge in [0.05, 0.1) is 18.9 Å². The number of nitrogens with one attached hydrogen (secondary N) is 5. The molecule has 9 nitrogen and oxygen atoms in total. The Labute approximate surface area is 200 Å². The minimum atomic E-state index is -2.83. The van der Waals surface area contributed by atoms with Gasteiger partial charge in [0.1, 0.15) is 17.7 Å². The van der Waals surface area contributed by atoms with Gasteiger partial charge in [0.2, 0.25) is 5.91 Å². The Hall–Kier alpha value is -3.19. The molecular formula is C22H31F4N5O4.